The molecule has 0 fully saturated rings. The van der Waals surface area contributed by atoms with E-state index in [1.54, 1.807) is 43.3 Å². The Kier molecular flexibility index (Phi) is 6.21. The molecule has 0 aliphatic carbocycles. The Balaban J connectivity index is 1.92. The Labute approximate surface area is 167 Å². The van der Waals surface area contributed by atoms with Crippen LogP contribution in [0.2, 0.25) is 0 Å². The molecule has 6 nitrogen and oxygen atoms in total. The Morgan fingerprint density at radius 1 is 1.14 bits per heavy atom. The minimum atomic E-state index is -0.721. The third-order valence-corrected chi connectivity index (χ3v) is 4.66. The highest BCUT2D eigenvalue weighted by atomic mass is 19.1. The van der Waals surface area contributed by atoms with Gasteiger partial charge in [0.15, 0.2) is 0 Å². The number of halogens is 2. The largest absolute Gasteiger partial charge is 0.338 e. The van der Waals surface area contributed by atoms with E-state index in [9.17, 15) is 18.4 Å². The molecule has 1 heterocycles. The first kappa shape index (κ1) is 20.4. The van der Waals surface area contributed by atoms with E-state index in [1.165, 1.54) is 24.1 Å². The molecule has 0 bridgehead atoms. The van der Waals surface area contributed by atoms with Crippen LogP contribution in [0.5, 0.6) is 0 Å². The number of rotatable bonds is 5. The maximum atomic E-state index is 14.4. The molecule has 1 N–H and O–H groups in total. The van der Waals surface area contributed by atoms with Gasteiger partial charge in [-0.05, 0) is 19.1 Å². The summed E-state index contributed by atoms with van der Waals surface area (Å²) < 4.78 is 28.7. The zero-order valence-electron chi connectivity index (χ0n) is 16.2. The lowest BCUT2D eigenvalue weighted by molar-refractivity contribution is -0.133. The van der Waals surface area contributed by atoms with Gasteiger partial charge >= 0.3 is 6.03 Å². The molecule has 0 spiro atoms. The van der Waals surface area contributed by atoms with E-state index in [0.29, 0.717) is 12.3 Å². The lowest BCUT2D eigenvalue weighted by Gasteiger charge is -2.25. The summed E-state index contributed by atoms with van der Waals surface area (Å²) in [6.45, 7) is 1.95. The van der Waals surface area contributed by atoms with Crippen molar-refractivity contribution in [3.05, 3.63) is 71.3 Å². The molecular weight excluding hydrogens is 378 g/mol. The monoisotopic (exact) mass is 400 g/mol. The van der Waals surface area contributed by atoms with E-state index >= 15 is 0 Å². The van der Waals surface area contributed by atoms with Crippen LogP contribution in [0.15, 0.2) is 53.6 Å². The summed E-state index contributed by atoms with van der Waals surface area (Å²) in [5.74, 6) is -1.43. The van der Waals surface area contributed by atoms with Crippen LogP contribution >= 0.6 is 0 Å². The van der Waals surface area contributed by atoms with Gasteiger partial charge in [0.25, 0.3) is 5.91 Å². The second kappa shape index (κ2) is 8.81. The van der Waals surface area contributed by atoms with Crippen molar-refractivity contribution in [2.45, 2.75) is 19.4 Å². The first-order chi connectivity index (χ1) is 13.9. The van der Waals surface area contributed by atoms with Crippen molar-refractivity contribution >= 4 is 17.6 Å². The van der Waals surface area contributed by atoms with Gasteiger partial charge in [-0.1, -0.05) is 36.4 Å². The summed E-state index contributed by atoms with van der Waals surface area (Å²) in [6, 6.07) is 11.1. The number of hydrazone groups is 1. The minimum Gasteiger partial charge on any atom is -0.338 e. The number of nitrogens with zero attached hydrogens (tertiary/aromatic N) is 3. The van der Waals surface area contributed by atoms with Crippen LogP contribution in [0.3, 0.4) is 0 Å². The fourth-order valence-corrected chi connectivity index (χ4v) is 3.22. The molecule has 3 amide bonds. The molecule has 0 radical (unpaired) electrons. The zero-order valence-corrected chi connectivity index (χ0v) is 16.2. The Hall–Kier alpha value is -3.29. The fraction of sp³-hybridized carbons (Fsp3) is 0.286. The van der Waals surface area contributed by atoms with E-state index < -0.39 is 29.6 Å². The highest BCUT2D eigenvalue weighted by molar-refractivity contribution is 6.03. The third kappa shape index (κ3) is 4.42. The SMILES string of the molecule is CCNC(=O)N(C)CC(=O)N1N=C(c2ccccc2F)C[C@@H]1c1ccccc1F. The Morgan fingerprint density at radius 2 is 1.79 bits per heavy atom. The predicted octanol–water partition coefficient (Wildman–Crippen LogP) is 3.30. The summed E-state index contributed by atoms with van der Waals surface area (Å²) >= 11 is 0. The Morgan fingerprint density at radius 3 is 2.45 bits per heavy atom. The molecule has 0 aromatic heterocycles. The molecule has 8 heteroatoms. The molecular formula is C21H22F2N4O2. The number of carbonyl (C=O) groups is 2. The molecule has 0 unspecified atom stereocenters. The van der Waals surface area contributed by atoms with Crippen molar-refractivity contribution in [1.82, 2.24) is 15.2 Å². The van der Waals surface area contributed by atoms with E-state index in [0.717, 1.165) is 5.01 Å². The van der Waals surface area contributed by atoms with Crippen molar-refractivity contribution in [2.24, 2.45) is 5.10 Å². The third-order valence-electron chi connectivity index (χ3n) is 4.66. The standard InChI is InChI=1S/C21H22F2N4O2/c1-3-24-21(29)26(2)13-20(28)27-19(15-9-5-7-11-17(15)23)12-18(25-27)14-8-4-6-10-16(14)22/h4-11,19H,3,12-13H2,1-2H3,(H,24,29)/t19-/m1/s1. The van der Waals surface area contributed by atoms with E-state index in [2.05, 4.69) is 10.4 Å². The summed E-state index contributed by atoms with van der Waals surface area (Å²) in [7, 11) is 1.48. The zero-order chi connectivity index (χ0) is 21.0. The van der Waals surface area contributed by atoms with Crippen molar-refractivity contribution < 1.29 is 18.4 Å². The fourth-order valence-electron chi connectivity index (χ4n) is 3.22. The van der Waals surface area contributed by atoms with Gasteiger partial charge in [-0.25, -0.2) is 18.6 Å². The molecule has 1 atom stereocenters. The highest BCUT2D eigenvalue weighted by Gasteiger charge is 2.35. The molecule has 0 saturated heterocycles. The number of hydrogen-bond donors (Lipinski definition) is 1. The number of amides is 3. The maximum absolute atomic E-state index is 14.4. The van der Waals surface area contributed by atoms with Crippen molar-refractivity contribution in [1.29, 1.82) is 0 Å². The van der Waals surface area contributed by atoms with E-state index in [4.69, 9.17) is 0 Å². The minimum absolute atomic E-state index is 0.165. The van der Waals surface area contributed by atoms with Gasteiger partial charge in [0, 0.05) is 31.1 Å². The topological polar surface area (TPSA) is 65.0 Å². The van der Waals surface area contributed by atoms with Crippen LogP contribution < -0.4 is 5.32 Å². The molecule has 3 rings (SSSR count). The highest BCUT2D eigenvalue weighted by Crippen LogP contribution is 2.34. The van der Waals surface area contributed by atoms with Crippen LogP contribution in [0.25, 0.3) is 0 Å². The van der Waals surface area contributed by atoms with Crippen molar-refractivity contribution in [2.75, 3.05) is 20.1 Å². The molecule has 29 heavy (non-hydrogen) atoms. The number of carbonyl (C=O) groups excluding carboxylic acids is 2. The summed E-state index contributed by atoms with van der Waals surface area (Å²) in [5.41, 5.74) is 0.906. The predicted molar refractivity (Wildman–Crippen MR) is 105 cm³/mol. The number of nitrogens with one attached hydrogen (secondary N) is 1. The average Bonchev–Trinajstić information content (AvgIpc) is 3.14. The first-order valence-electron chi connectivity index (χ1n) is 9.30. The van der Waals surface area contributed by atoms with E-state index in [1.807, 2.05) is 0 Å². The normalized spacial score (nSPS) is 15.8. The van der Waals surface area contributed by atoms with Crippen LogP contribution in [-0.4, -0.2) is 47.7 Å². The lowest BCUT2D eigenvalue weighted by atomic mass is 9.97. The smallest absolute Gasteiger partial charge is 0.317 e. The van der Waals surface area contributed by atoms with Gasteiger partial charge in [-0.3, -0.25) is 4.79 Å². The Bertz CT molecular complexity index is 948. The van der Waals surface area contributed by atoms with Gasteiger partial charge in [0.05, 0.1) is 11.8 Å². The van der Waals surface area contributed by atoms with Crippen LogP contribution in [0, 0.1) is 11.6 Å². The second-order valence-electron chi connectivity index (χ2n) is 6.70. The number of likely N-dealkylation sites (N-methyl/N-ethyl adjacent to an activating group) is 1. The number of urea groups is 1. The summed E-state index contributed by atoms with van der Waals surface area (Å²) in [4.78, 5) is 26.1. The van der Waals surface area contributed by atoms with Gasteiger partial charge in [0.1, 0.15) is 18.2 Å². The van der Waals surface area contributed by atoms with Crippen molar-refractivity contribution in [3.8, 4) is 0 Å². The van der Waals surface area contributed by atoms with Gasteiger partial charge in [0.2, 0.25) is 0 Å². The van der Waals surface area contributed by atoms with Crippen LogP contribution in [0.1, 0.15) is 30.5 Å². The van der Waals surface area contributed by atoms with Gasteiger partial charge < -0.3 is 10.2 Å². The molecule has 2 aromatic carbocycles. The lowest BCUT2D eigenvalue weighted by Crippen LogP contribution is -2.43. The quantitative estimate of drug-likeness (QED) is 0.837. The van der Waals surface area contributed by atoms with E-state index in [-0.39, 0.29) is 24.1 Å². The van der Waals surface area contributed by atoms with Crippen molar-refractivity contribution in [3.63, 3.8) is 0 Å². The molecule has 0 saturated carbocycles. The molecule has 1 aliphatic heterocycles. The second-order valence-corrected chi connectivity index (χ2v) is 6.70. The maximum Gasteiger partial charge on any atom is 0.317 e. The summed E-state index contributed by atoms with van der Waals surface area (Å²) in [6.07, 6.45) is 0.165. The first-order valence-corrected chi connectivity index (χ1v) is 9.30. The van der Waals surface area contributed by atoms with Crippen LogP contribution in [0.4, 0.5) is 13.6 Å². The van der Waals surface area contributed by atoms with Crippen LogP contribution in [-0.2, 0) is 4.79 Å². The average molecular weight is 400 g/mol. The van der Waals surface area contributed by atoms with Gasteiger partial charge in [-0.2, -0.15) is 5.10 Å². The number of benzene rings is 2. The molecule has 2 aromatic rings. The number of hydrogen-bond acceptors (Lipinski definition) is 3. The molecule has 152 valence electrons. The van der Waals surface area contributed by atoms with Gasteiger partial charge in [-0.15, -0.1) is 0 Å². The molecule has 1 aliphatic rings. The summed E-state index contributed by atoms with van der Waals surface area (Å²) in [5, 5.41) is 8.07.